The Labute approximate surface area is 209 Å². The predicted molar refractivity (Wildman–Crippen MR) is 139 cm³/mol. The standard InChI is InChI=1S/C31H52O3/c1-6-22-11-13-26-25-12-10-23-19-24(34-29-9-7-8-17-33-29)20-28(32-18-15-21(2)3)31(23,5)27(25)14-16-30(22,26)4/h10,21-22,24-29H,6-9,11-20H2,1-5H3/t22-,24+,25-,26-,27-,28?,29?,30+,31-/m0/s1. The largest absolute Gasteiger partial charge is 0.377 e. The average molecular weight is 473 g/mol. The third kappa shape index (κ3) is 4.45. The van der Waals surface area contributed by atoms with Gasteiger partial charge in [-0.2, -0.15) is 0 Å². The van der Waals surface area contributed by atoms with Crippen molar-refractivity contribution in [1.29, 1.82) is 0 Å². The lowest BCUT2D eigenvalue weighted by Crippen LogP contribution is -2.56. The molecule has 4 aliphatic carbocycles. The number of hydrogen-bond acceptors (Lipinski definition) is 3. The van der Waals surface area contributed by atoms with Gasteiger partial charge in [0.2, 0.25) is 0 Å². The van der Waals surface area contributed by atoms with Crippen LogP contribution in [0.1, 0.15) is 112 Å². The fourth-order valence-electron chi connectivity index (χ4n) is 9.26. The summed E-state index contributed by atoms with van der Waals surface area (Å²) in [7, 11) is 0. The molecule has 0 radical (unpaired) electrons. The molecule has 34 heavy (non-hydrogen) atoms. The van der Waals surface area contributed by atoms with E-state index in [2.05, 4.69) is 40.7 Å². The molecular weight excluding hydrogens is 420 g/mol. The van der Waals surface area contributed by atoms with Crippen molar-refractivity contribution in [2.45, 2.75) is 130 Å². The van der Waals surface area contributed by atoms with E-state index in [9.17, 15) is 0 Å². The van der Waals surface area contributed by atoms with Gasteiger partial charge in [0.25, 0.3) is 0 Å². The fraction of sp³-hybridized carbons (Fsp3) is 0.935. The normalized spacial score (nSPS) is 46.5. The molecule has 2 unspecified atom stereocenters. The maximum Gasteiger partial charge on any atom is 0.157 e. The molecule has 9 atom stereocenters. The van der Waals surface area contributed by atoms with Crippen LogP contribution in [0.2, 0.25) is 0 Å². The van der Waals surface area contributed by atoms with Gasteiger partial charge < -0.3 is 14.2 Å². The third-order valence-corrected chi connectivity index (χ3v) is 11.3. The van der Waals surface area contributed by atoms with E-state index >= 15 is 0 Å². The van der Waals surface area contributed by atoms with Crippen LogP contribution in [0.25, 0.3) is 0 Å². The highest BCUT2D eigenvalue weighted by Gasteiger charge is 2.60. The molecule has 5 rings (SSSR count). The van der Waals surface area contributed by atoms with Crippen molar-refractivity contribution in [1.82, 2.24) is 0 Å². The molecule has 1 heterocycles. The Balaban J connectivity index is 1.38. The first-order valence-corrected chi connectivity index (χ1v) is 14.9. The minimum Gasteiger partial charge on any atom is -0.377 e. The van der Waals surface area contributed by atoms with Crippen molar-refractivity contribution in [3.05, 3.63) is 11.6 Å². The van der Waals surface area contributed by atoms with Gasteiger partial charge in [-0.05, 0) is 99.2 Å². The van der Waals surface area contributed by atoms with Crippen molar-refractivity contribution >= 4 is 0 Å². The SMILES string of the molecule is CC[C@H]1CC[C@H]2[C@@H]3CC=C4C[C@@H](OC5CCCCO5)CC(OCCC(C)C)[C@]4(C)[C@H]3CC[C@]12C. The first kappa shape index (κ1) is 25.3. The number of hydrogen-bond donors (Lipinski definition) is 0. The van der Waals surface area contributed by atoms with Crippen LogP contribution in [0.3, 0.4) is 0 Å². The third-order valence-electron chi connectivity index (χ3n) is 11.3. The van der Waals surface area contributed by atoms with E-state index in [4.69, 9.17) is 14.2 Å². The van der Waals surface area contributed by atoms with Crippen LogP contribution in [0.5, 0.6) is 0 Å². The van der Waals surface area contributed by atoms with Crippen LogP contribution in [0.4, 0.5) is 0 Å². The molecule has 3 heteroatoms. The van der Waals surface area contributed by atoms with Gasteiger partial charge in [0.1, 0.15) is 0 Å². The van der Waals surface area contributed by atoms with Gasteiger partial charge in [0, 0.05) is 25.0 Å². The minimum atomic E-state index is -0.00351. The Bertz CT molecular complexity index is 724. The van der Waals surface area contributed by atoms with E-state index in [0.29, 0.717) is 11.3 Å². The molecule has 1 aliphatic heterocycles. The van der Waals surface area contributed by atoms with Gasteiger partial charge in [-0.15, -0.1) is 0 Å². The highest BCUT2D eigenvalue weighted by molar-refractivity contribution is 5.28. The summed E-state index contributed by atoms with van der Waals surface area (Å²) in [6.45, 7) is 14.0. The van der Waals surface area contributed by atoms with E-state index in [0.717, 1.165) is 62.6 Å². The van der Waals surface area contributed by atoms with Crippen LogP contribution < -0.4 is 0 Å². The fourth-order valence-corrected chi connectivity index (χ4v) is 9.26. The molecule has 1 saturated heterocycles. The maximum atomic E-state index is 6.85. The zero-order valence-electron chi connectivity index (χ0n) is 22.8. The molecule has 0 bridgehead atoms. The van der Waals surface area contributed by atoms with E-state index < -0.39 is 0 Å². The zero-order chi connectivity index (χ0) is 23.9. The van der Waals surface area contributed by atoms with Crippen LogP contribution in [-0.4, -0.2) is 31.7 Å². The van der Waals surface area contributed by atoms with Gasteiger partial charge in [0.05, 0.1) is 12.2 Å². The van der Waals surface area contributed by atoms with E-state index in [1.165, 1.54) is 51.4 Å². The first-order chi connectivity index (χ1) is 16.4. The van der Waals surface area contributed by atoms with Crippen LogP contribution in [-0.2, 0) is 14.2 Å². The van der Waals surface area contributed by atoms with Crippen molar-refractivity contribution in [2.24, 2.45) is 40.4 Å². The van der Waals surface area contributed by atoms with Crippen LogP contribution >= 0.6 is 0 Å². The van der Waals surface area contributed by atoms with Gasteiger partial charge in [0.15, 0.2) is 6.29 Å². The second-order valence-electron chi connectivity index (χ2n) is 13.4. The Morgan fingerprint density at radius 1 is 1.09 bits per heavy atom. The van der Waals surface area contributed by atoms with E-state index in [-0.39, 0.29) is 23.9 Å². The monoisotopic (exact) mass is 472 g/mol. The Morgan fingerprint density at radius 3 is 2.68 bits per heavy atom. The van der Waals surface area contributed by atoms with Crippen molar-refractivity contribution in [3.8, 4) is 0 Å². The van der Waals surface area contributed by atoms with Gasteiger partial charge in [-0.1, -0.05) is 52.7 Å². The number of rotatable bonds is 7. The summed E-state index contributed by atoms with van der Waals surface area (Å²) in [6.07, 6.45) is 18.3. The molecule has 0 aromatic carbocycles. The summed E-state index contributed by atoms with van der Waals surface area (Å²) < 4.78 is 19.4. The second-order valence-corrected chi connectivity index (χ2v) is 13.4. The molecule has 3 nitrogen and oxygen atoms in total. The summed E-state index contributed by atoms with van der Waals surface area (Å²) in [6, 6.07) is 0. The molecule has 5 aliphatic rings. The predicted octanol–water partition coefficient (Wildman–Crippen LogP) is 7.93. The summed E-state index contributed by atoms with van der Waals surface area (Å²) in [5.41, 5.74) is 2.41. The minimum absolute atomic E-state index is 0.00351. The molecule has 194 valence electrons. The second kappa shape index (κ2) is 10.2. The first-order valence-electron chi connectivity index (χ1n) is 14.9. The van der Waals surface area contributed by atoms with Crippen LogP contribution in [0.15, 0.2) is 11.6 Å². The summed E-state index contributed by atoms with van der Waals surface area (Å²) >= 11 is 0. The Kier molecular flexibility index (Phi) is 7.56. The molecule has 4 fully saturated rings. The topological polar surface area (TPSA) is 27.7 Å². The summed E-state index contributed by atoms with van der Waals surface area (Å²) in [5, 5.41) is 0. The molecule has 0 spiro atoms. The Hall–Kier alpha value is -0.380. The lowest BCUT2D eigenvalue weighted by atomic mass is 9.46. The smallest absolute Gasteiger partial charge is 0.157 e. The van der Waals surface area contributed by atoms with Crippen molar-refractivity contribution in [3.63, 3.8) is 0 Å². The summed E-state index contributed by atoms with van der Waals surface area (Å²) in [4.78, 5) is 0. The van der Waals surface area contributed by atoms with Crippen molar-refractivity contribution < 1.29 is 14.2 Å². The average Bonchev–Trinajstić information content (AvgIpc) is 3.16. The van der Waals surface area contributed by atoms with Crippen molar-refractivity contribution in [2.75, 3.05) is 13.2 Å². The van der Waals surface area contributed by atoms with Gasteiger partial charge >= 0.3 is 0 Å². The quantitative estimate of drug-likeness (QED) is 0.352. The molecule has 0 aromatic rings. The lowest BCUT2D eigenvalue weighted by Gasteiger charge is -2.60. The lowest BCUT2D eigenvalue weighted by molar-refractivity contribution is -0.210. The van der Waals surface area contributed by atoms with E-state index in [1.54, 1.807) is 5.57 Å². The zero-order valence-corrected chi connectivity index (χ0v) is 22.8. The molecule has 0 amide bonds. The maximum absolute atomic E-state index is 6.85. The highest BCUT2D eigenvalue weighted by Crippen LogP contribution is 2.67. The molecule has 0 N–H and O–H groups in total. The Morgan fingerprint density at radius 2 is 1.94 bits per heavy atom. The van der Waals surface area contributed by atoms with Crippen LogP contribution in [0, 0.1) is 40.4 Å². The molecular formula is C31H52O3. The number of ether oxygens (including phenoxy) is 3. The van der Waals surface area contributed by atoms with Gasteiger partial charge in [-0.3, -0.25) is 0 Å². The molecule has 0 aromatic heterocycles. The van der Waals surface area contributed by atoms with Gasteiger partial charge in [-0.25, -0.2) is 0 Å². The highest BCUT2D eigenvalue weighted by atomic mass is 16.7. The number of fused-ring (bicyclic) bond motifs is 5. The van der Waals surface area contributed by atoms with E-state index in [1.807, 2.05) is 0 Å². The number of allylic oxidation sites excluding steroid dienone is 1. The molecule has 3 saturated carbocycles. The summed E-state index contributed by atoms with van der Waals surface area (Å²) in [5.74, 6) is 4.16.